The van der Waals surface area contributed by atoms with Crippen molar-refractivity contribution in [3.8, 4) is 0 Å². The van der Waals surface area contributed by atoms with Crippen molar-refractivity contribution in [1.29, 1.82) is 0 Å². The lowest BCUT2D eigenvalue weighted by atomic mass is 10.2. The van der Waals surface area contributed by atoms with E-state index in [2.05, 4.69) is 12.2 Å². The fourth-order valence-electron chi connectivity index (χ4n) is 1.97. The minimum Gasteiger partial charge on any atom is -0.369 e. The van der Waals surface area contributed by atoms with Crippen molar-refractivity contribution in [1.82, 2.24) is 10.3 Å². The van der Waals surface area contributed by atoms with E-state index in [0.29, 0.717) is 0 Å². The SMILES string of the molecule is Cc1sc(C2CC2)nc1C1CNCCO1. The summed E-state index contributed by atoms with van der Waals surface area (Å²) in [5.41, 5.74) is 1.18. The van der Waals surface area contributed by atoms with Crippen LogP contribution in [0, 0.1) is 6.92 Å². The number of aromatic nitrogens is 1. The molecule has 1 N–H and O–H groups in total. The van der Waals surface area contributed by atoms with Crippen molar-refractivity contribution in [2.24, 2.45) is 0 Å². The molecular formula is C11H16N2OS. The van der Waals surface area contributed by atoms with Gasteiger partial charge in [0.05, 0.1) is 17.3 Å². The second-order valence-corrected chi connectivity index (χ2v) is 5.57. The minimum absolute atomic E-state index is 0.183. The molecule has 0 radical (unpaired) electrons. The molecule has 2 aliphatic rings. The van der Waals surface area contributed by atoms with Crippen LogP contribution in [0.1, 0.15) is 40.4 Å². The van der Waals surface area contributed by atoms with Crippen LogP contribution in [0.5, 0.6) is 0 Å². The Morgan fingerprint density at radius 3 is 3.00 bits per heavy atom. The van der Waals surface area contributed by atoms with Crippen molar-refractivity contribution < 1.29 is 4.74 Å². The van der Waals surface area contributed by atoms with Crippen LogP contribution in [0.4, 0.5) is 0 Å². The summed E-state index contributed by atoms with van der Waals surface area (Å²) in [6.45, 7) is 4.85. The number of hydrogen-bond acceptors (Lipinski definition) is 4. The summed E-state index contributed by atoms with van der Waals surface area (Å²) in [4.78, 5) is 6.09. The van der Waals surface area contributed by atoms with Gasteiger partial charge >= 0.3 is 0 Å². The van der Waals surface area contributed by atoms with Gasteiger partial charge in [0, 0.05) is 23.9 Å². The third-order valence-corrected chi connectivity index (χ3v) is 4.16. The highest BCUT2D eigenvalue weighted by Gasteiger charge is 2.29. The van der Waals surface area contributed by atoms with E-state index in [-0.39, 0.29) is 6.10 Å². The van der Waals surface area contributed by atoms with Crippen molar-refractivity contribution in [2.75, 3.05) is 19.7 Å². The minimum atomic E-state index is 0.183. The van der Waals surface area contributed by atoms with E-state index < -0.39 is 0 Å². The van der Waals surface area contributed by atoms with Crippen LogP contribution in [-0.2, 0) is 4.74 Å². The zero-order chi connectivity index (χ0) is 10.3. The number of ether oxygens (including phenoxy) is 1. The molecule has 1 saturated carbocycles. The van der Waals surface area contributed by atoms with Crippen LogP contribution in [0.15, 0.2) is 0 Å². The Kier molecular flexibility index (Phi) is 2.50. The van der Waals surface area contributed by atoms with Gasteiger partial charge in [-0.05, 0) is 19.8 Å². The van der Waals surface area contributed by atoms with Gasteiger partial charge in [-0.1, -0.05) is 0 Å². The molecular weight excluding hydrogens is 208 g/mol. The Balaban J connectivity index is 1.82. The van der Waals surface area contributed by atoms with Gasteiger partial charge in [-0.25, -0.2) is 4.98 Å². The molecule has 0 aromatic carbocycles. The quantitative estimate of drug-likeness (QED) is 0.834. The molecule has 1 atom stereocenters. The number of rotatable bonds is 2. The summed E-state index contributed by atoms with van der Waals surface area (Å²) in [6.07, 6.45) is 2.84. The number of morpholine rings is 1. The first-order valence-corrected chi connectivity index (χ1v) is 6.46. The van der Waals surface area contributed by atoms with E-state index in [9.17, 15) is 0 Å². The molecule has 1 unspecified atom stereocenters. The van der Waals surface area contributed by atoms with Gasteiger partial charge in [0.25, 0.3) is 0 Å². The Bertz CT molecular complexity index is 353. The molecule has 1 aliphatic heterocycles. The largest absolute Gasteiger partial charge is 0.369 e. The number of aryl methyl sites for hydroxylation is 1. The van der Waals surface area contributed by atoms with E-state index in [0.717, 1.165) is 25.6 Å². The first-order chi connectivity index (χ1) is 7.34. The topological polar surface area (TPSA) is 34.2 Å². The summed E-state index contributed by atoms with van der Waals surface area (Å²) in [5, 5.41) is 4.68. The maximum Gasteiger partial charge on any atom is 0.113 e. The standard InChI is InChI=1S/C11H16N2OS/c1-7-10(9-6-12-4-5-14-9)13-11(15-7)8-2-3-8/h8-9,12H,2-6H2,1H3. The van der Waals surface area contributed by atoms with Crippen LogP contribution in [0.3, 0.4) is 0 Å². The first-order valence-electron chi connectivity index (χ1n) is 5.64. The highest BCUT2D eigenvalue weighted by Crippen LogP contribution is 2.43. The first kappa shape index (κ1) is 9.75. The van der Waals surface area contributed by atoms with Gasteiger partial charge in [-0.3, -0.25) is 0 Å². The van der Waals surface area contributed by atoms with Gasteiger partial charge in [-0.2, -0.15) is 0 Å². The van der Waals surface area contributed by atoms with Crippen LogP contribution in [0.25, 0.3) is 0 Å². The Hall–Kier alpha value is -0.450. The molecule has 15 heavy (non-hydrogen) atoms. The monoisotopic (exact) mass is 224 g/mol. The normalized spacial score (nSPS) is 26.9. The fraction of sp³-hybridized carbons (Fsp3) is 0.727. The van der Waals surface area contributed by atoms with E-state index in [4.69, 9.17) is 9.72 Å². The third kappa shape index (κ3) is 1.94. The molecule has 0 bridgehead atoms. The highest BCUT2D eigenvalue weighted by atomic mass is 32.1. The van der Waals surface area contributed by atoms with Crippen molar-refractivity contribution in [3.63, 3.8) is 0 Å². The molecule has 0 spiro atoms. The molecule has 1 aliphatic carbocycles. The molecule has 82 valence electrons. The molecule has 2 heterocycles. The molecule has 1 saturated heterocycles. The number of nitrogens with one attached hydrogen (secondary N) is 1. The summed E-state index contributed by atoms with van der Waals surface area (Å²) >= 11 is 1.86. The summed E-state index contributed by atoms with van der Waals surface area (Å²) in [7, 11) is 0. The van der Waals surface area contributed by atoms with Crippen molar-refractivity contribution in [3.05, 3.63) is 15.6 Å². The van der Waals surface area contributed by atoms with Crippen LogP contribution in [0.2, 0.25) is 0 Å². The van der Waals surface area contributed by atoms with Crippen LogP contribution < -0.4 is 5.32 Å². The smallest absolute Gasteiger partial charge is 0.113 e. The average Bonchev–Trinajstić information content (AvgIpc) is 3.04. The molecule has 2 fully saturated rings. The van der Waals surface area contributed by atoms with Crippen molar-refractivity contribution in [2.45, 2.75) is 31.8 Å². The maximum absolute atomic E-state index is 5.74. The number of nitrogens with zero attached hydrogens (tertiary/aromatic N) is 1. The Morgan fingerprint density at radius 1 is 1.47 bits per heavy atom. The van der Waals surface area contributed by atoms with Crippen LogP contribution in [-0.4, -0.2) is 24.7 Å². The predicted molar refractivity (Wildman–Crippen MR) is 60.4 cm³/mol. The van der Waals surface area contributed by atoms with Gasteiger partial charge in [0.1, 0.15) is 6.10 Å². The summed E-state index contributed by atoms with van der Waals surface area (Å²) < 4.78 is 5.74. The molecule has 4 heteroatoms. The summed E-state index contributed by atoms with van der Waals surface area (Å²) in [5.74, 6) is 0.763. The third-order valence-electron chi connectivity index (χ3n) is 3.01. The lowest BCUT2D eigenvalue weighted by molar-refractivity contribution is 0.0249. The van der Waals surface area contributed by atoms with Gasteiger partial charge < -0.3 is 10.1 Å². The van der Waals surface area contributed by atoms with E-state index >= 15 is 0 Å². The molecule has 1 aromatic rings. The Morgan fingerprint density at radius 2 is 2.33 bits per heavy atom. The van der Waals surface area contributed by atoms with Crippen LogP contribution >= 0.6 is 11.3 Å². The molecule has 0 amide bonds. The number of hydrogen-bond donors (Lipinski definition) is 1. The lowest BCUT2D eigenvalue weighted by Crippen LogP contribution is -2.33. The zero-order valence-electron chi connectivity index (χ0n) is 8.95. The maximum atomic E-state index is 5.74. The average molecular weight is 224 g/mol. The second-order valence-electron chi connectivity index (χ2n) is 4.33. The highest BCUT2D eigenvalue weighted by molar-refractivity contribution is 7.11. The Labute approximate surface area is 93.9 Å². The van der Waals surface area contributed by atoms with Gasteiger partial charge in [-0.15, -0.1) is 11.3 Å². The zero-order valence-corrected chi connectivity index (χ0v) is 9.77. The van der Waals surface area contributed by atoms with E-state index in [1.807, 2.05) is 11.3 Å². The van der Waals surface area contributed by atoms with Gasteiger partial charge in [0.2, 0.25) is 0 Å². The number of thiazole rings is 1. The second kappa shape index (κ2) is 3.85. The predicted octanol–water partition coefficient (Wildman–Crippen LogP) is 1.99. The van der Waals surface area contributed by atoms with E-state index in [1.54, 1.807) is 0 Å². The molecule has 3 nitrogen and oxygen atoms in total. The summed E-state index contributed by atoms with van der Waals surface area (Å²) in [6, 6.07) is 0. The van der Waals surface area contributed by atoms with Gasteiger partial charge in [0.15, 0.2) is 0 Å². The lowest BCUT2D eigenvalue weighted by Gasteiger charge is -2.22. The molecule has 3 rings (SSSR count). The van der Waals surface area contributed by atoms with E-state index in [1.165, 1.54) is 28.4 Å². The van der Waals surface area contributed by atoms with Crippen molar-refractivity contribution >= 4 is 11.3 Å². The fourth-order valence-corrected chi connectivity index (χ4v) is 3.12. The molecule has 1 aromatic heterocycles.